The van der Waals surface area contributed by atoms with Crippen molar-refractivity contribution in [3.8, 4) is 0 Å². The molecule has 2 heteroatoms. The second-order valence-corrected chi connectivity index (χ2v) is 7.30. The molecule has 2 fully saturated rings. The summed E-state index contributed by atoms with van der Waals surface area (Å²) in [6.07, 6.45) is 9.07. The van der Waals surface area contributed by atoms with Gasteiger partial charge in [0.15, 0.2) is 0 Å². The van der Waals surface area contributed by atoms with Crippen LogP contribution in [0.1, 0.15) is 66.2 Å². The molecule has 0 aromatic heterocycles. The lowest BCUT2D eigenvalue weighted by atomic mass is 9.83. The molecule has 19 heavy (non-hydrogen) atoms. The smallest absolute Gasteiger partial charge is 0.0578 e. The van der Waals surface area contributed by atoms with Gasteiger partial charge in [0.25, 0.3) is 0 Å². The maximum atomic E-state index is 5.95. The summed E-state index contributed by atoms with van der Waals surface area (Å²) in [5.74, 6) is 1.86. The molecule has 1 saturated heterocycles. The van der Waals surface area contributed by atoms with Crippen molar-refractivity contribution in [1.82, 2.24) is 4.90 Å². The van der Waals surface area contributed by atoms with Crippen molar-refractivity contribution in [2.45, 2.75) is 84.5 Å². The molecule has 1 aliphatic carbocycles. The summed E-state index contributed by atoms with van der Waals surface area (Å²) >= 11 is 0. The molecule has 0 amide bonds. The van der Waals surface area contributed by atoms with Crippen molar-refractivity contribution < 1.29 is 4.74 Å². The Morgan fingerprint density at radius 3 is 2.26 bits per heavy atom. The van der Waals surface area contributed by atoms with Crippen LogP contribution in [-0.2, 0) is 4.74 Å². The number of hydrogen-bond acceptors (Lipinski definition) is 2. The third-order valence-corrected chi connectivity index (χ3v) is 5.01. The van der Waals surface area contributed by atoms with Crippen LogP contribution in [0.3, 0.4) is 0 Å². The van der Waals surface area contributed by atoms with E-state index in [9.17, 15) is 0 Å². The highest BCUT2D eigenvalue weighted by atomic mass is 16.5. The molecule has 0 N–H and O–H groups in total. The highest BCUT2D eigenvalue weighted by Gasteiger charge is 2.28. The van der Waals surface area contributed by atoms with Gasteiger partial charge in [0.05, 0.1) is 12.2 Å². The van der Waals surface area contributed by atoms with E-state index in [1.807, 2.05) is 0 Å². The minimum absolute atomic E-state index is 0.395. The van der Waals surface area contributed by atoms with Crippen LogP contribution in [0.25, 0.3) is 0 Å². The van der Waals surface area contributed by atoms with Gasteiger partial charge in [0.2, 0.25) is 0 Å². The van der Waals surface area contributed by atoms with Crippen LogP contribution >= 0.6 is 0 Å². The highest BCUT2D eigenvalue weighted by Crippen LogP contribution is 2.31. The minimum atomic E-state index is 0.395. The molecule has 0 bridgehead atoms. The third kappa shape index (κ3) is 4.75. The maximum absolute atomic E-state index is 5.95. The summed E-state index contributed by atoms with van der Waals surface area (Å²) in [5.41, 5.74) is 0. The standard InChI is InChI=1S/C17H33NO/c1-13(2)19-17-7-5-16(6-8-17)11-15(4)18-10-9-14(3)12-18/h13-17H,5-12H2,1-4H3. The summed E-state index contributed by atoms with van der Waals surface area (Å²) in [7, 11) is 0. The van der Waals surface area contributed by atoms with Gasteiger partial charge in [-0.1, -0.05) is 6.92 Å². The van der Waals surface area contributed by atoms with Crippen LogP contribution in [0.2, 0.25) is 0 Å². The quantitative estimate of drug-likeness (QED) is 0.744. The van der Waals surface area contributed by atoms with Crippen LogP contribution in [-0.4, -0.2) is 36.2 Å². The zero-order chi connectivity index (χ0) is 13.8. The average Bonchev–Trinajstić information content (AvgIpc) is 2.78. The number of ether oxygens (including phenoxy) is 1. The predicted molar refractivity (Wildman–Crippen MR) is 81.4 cm³/mol. The van der Waals surface area contributed by atoms with E-state index < -0.39 is 0 Å². The van der Waals surface area contributed by atoms with Crippen molar-refractivity contribution in [1.29, 1.82) is 0 Å². The van der Waals surface area contributed by atoms with Crippen molar-refractivity contribution in [3.05, 3.63) is 0 Å². The van der Waals surface area contributed by atoms with Gasteiger partial charge >= 0.3 is 0 Å². The van der Waals surface area contributed by atoms with Gasteiger partial charge in [-0.2, -0.15) is 0 Å². The first-order chi connectivity index (χ1) is 9.04. The van der Waals surface area contributed by atoms with E-state index in [1.54, 1.807) is 0 Å². The van der Waals surface area contributed by atoms with Crippen LogP contribution in [0.5, 0.6) is 0 Å². The lowest BCUT2D eigenvalue weighted by molar-refractivity contribution is -0.0217. The molecule has 0 radical (unpaired) electrons. The Hall–Kier alpha value is -0.0800. The topological polar surface area (TPSA) is 12.5 Å². The predicted octanol–water partition coefficient (Wildman–Crippen LogP) is 4.09. The molecule has 2 rings (SSSR count). The van der Waals surface area contributed by atoms with Crippen molar-refractivity contribution in [2.75, 3.05) is 13.1 Å². The zero-order valence-electron chi connectivity index (χ0n) is 13.4. The molecule has 0 aromatic rings. The molecular weight excluding hydrogens is 234 g/mol. The first kappa shape index (κ1) is 15.3. The van der Waals surface area contributed by atoms with E-state index in [-0.39, 0.29) is 0 Å². The Bertz CT molecular complexity index is 258. The monoisotopic (exact) mass is 267 g/mol. The summed E-state index contributed by atoms with van der Waals surface area (Å²) in [4.78, 5) is 2.71. The van der Waals surface area contributed by atoms with Gasteiger partial charge in [0, 0.05) is 12.6 Å². The Kier molecular flexibility index (Phi) is 5.70. The van der Waals surface area contributed by atoms with Crippen LogP contribution < -0.4 is 0 Å². The summed E-state index contributed by atoms with van der Waals surface area (Å²) in [6.45, 7) is 11.8. The molecule has 2 atom stereocenters. The summed E-state index contributed by atoms with van der Waals surface area (Å²) < 4.78 is 5.95. The Morgan fingerprint density at radius 2 is 1.74 bits per heavy atom. The van der Waals surface area contributed by atoms with Crippen molar-refractivity contribution in [2.24, 2.45) is 11.8 Å². The summed E-state index contributed by atoms with van der Waals surface area (Å²) in [6, 6.07) is 0.789. The first-order valence-corrected chi connectivity index (χ1v) is 8.44. The average molecular weight is 267 g/mol. The van der Waals surface area contributed by atoms with Crippen LogP contribution in [0.15, 0.2) is 0 Å². The van der Waals surface area contributed by atoms with E-state index in [0.717, 1.165) is 17.9 Å². The third-order valence-electron chi connectivity index (χ3n) is 5.01. The molecule has 2 aliphatic rings. The molecule has 2 nitrogen and oxygen atoms in total. The van der Waals surface area contributed by atoms with Gasteiger partial charge in [0.1, 0.15) is 0 Å². The van der Waals surface area contributed by atoms with Gasteiger partial charge in [-0.15, -0.1) is 0 Å². The number of nitrogens with zero attached hydrogens (tertiary/aromatic N) is 1. The SMILES string of the molecule is CC1CCN(C(C)CC2CCC(OC(C)C)CC2)C1. The van der Waals surface area contributed by atoms with E-state index in [4.69, 9.17) is 4.74 Å². The largest absolute Gasteiger partial charge is 0.376 e. The molecule has 2 unspecified atom stereocenters. The molecule has 1 heterocycles. The molecule has 112 valence electrons. The Morgan fingerprint density at radius 1 is 1.05 bits per heavy atom. The van der Waals surface area contributed by atoms with E-state index in [2.05, 4.69) is 32.6 Å². The Labute approximate surface area is 119 Å². The van der Waals surface area contributed by atoms with Crippen molar-refractivity contribution >= 4 is 0 Å². The zero-order valence-corrected chi connectivity index (χ0v) is 13.4. The number of likely N-dealkylation sites (tertiary alicyclic amines) is 1. The number of hydrogen-bond donors (Lipinski definition) is 0. The van der Waals surface area contributed by atoms with Gasteiger partial charge in [-0.25, -0.2) is 0 Å². The second kappa shape index (κ2) is 7.08. The fourth-order valence-electron chi connectivity index (χ4n) is 3.89. The molecular formula is C17H33NO. The summed E-state index contributed by atoms with van der Waals surface area (Å²) in [5, 5.41) is 0. The highest BCUT2D eigenvalue weighted by molar-refractivity contribution is 4.81. The fourth-order valence-corrected chi connectivity index (χ4v) is 3.89. The molecule has 1 aliphatic heterocycles. The maximum Gasteiger partial charge on any atom is 0.0578 e. The van der Waals surface area contributed by atoms with Crippen LogP contribution in [0, 0.1) is 11.8 Å². The van der Waals surface area contributed by atoms with Gasteiger partial charge < -0.3 is 9.64 Å². The van der Waals surface area contributed by atoms with E-state index >= 15 is 0 Å². The molecule has 1 saturated carbocycles. The first-order valence-electron chi connectivity index (χ1n) is 8.44. The van der Waals surface area contributed by atoms with Gasteiger partial charge in [-0.05, 0) is 77.7 Å². The van der Waals surface area contributed by atoms with Crippen LogP contribution in [0.4, 0.5) is 0 Å². The molecule has 0 spiro atoms. The minimum Gasteiger partial charge on any atom is -0.376 e. The lowest BCUT2D eigenvalue weighted by Gasteiger charge is -2.33. The lowest BCUT2D eigenvalue weighted by Crippen LogP contribution is -2.34. The Balaban J connectivity index is 1.67. The van der Waals surface area contributed by atoms with E-state index in [1.165, 1.54) is 51.6 Å². The second-order valence-electron chi connectivity index (χ2n) is 7.30. The van der Waals surface area contributed by atoms with E-state index in [0.29, 0.717) is 12.2 Å². The normalized spacial score (nSPS) is 34.9. The fraction of sp³-hybridized carbons (Fsp3) is 1.00. The van der Waals surface area contributed by atoms with Gasteiger partial charge in [-0.3, -0.25) is 0 Å². The van der Waals surface area contributed by atoms with Crippen molar-refractivity contribution in [3.63, 3.8) is 0 Å². The number of rotatable bonds is 5. The molecule has 0 aromatic carbocycles.